The third-order valence-electron chi connectivity index (χ3n) is 2.40. The molecule has 0 aromatic heterocycles. The third kappa shape index (κ3) is 3.05. The van der Waals surface area contributed by atoms with E-state index in [0.717, 1.165) is 25.6 Å². The molecule has 0 N–H and O–H groups in total. The monoisotopic (exact) mass is 392 g/mol. The Morgan fingerprint density at radius 3 is 2.29 bits per heavy atom. The number of alkyl halides is 2. The van der Waals surface area contributed by atoms with Crippen LogP contribution in [0.3, 0.4) is 0 Å². The van der Waals surface area contributed by atoms with Crippen molar-refractivity contribution >= 4 is 55.1 Å². The molecule has 0 aliphatic heterocycles. The molecule has 2 aromatic rings. The van der Waals surface area contributed by atoms with Crippen LogP contribution in [0.1, 0.15) is 10.4 Å². The third-order valence-corrected chi connectivity index (χ3v) is 4.25. The number of hydrogen-bond acceptors (Lipinski definition) is 0. The lowest BCUT2D eigenvalue weighted by atomic mass is 10.0. The molecule has 0 saturated carbocycles. The van der Waals surface area contributed by atoms with Gasteiger partial charge in [0.15, 0.2) is 0 Å². The van der Waals surface area contributed by atoms with Crippen molar-refractivity contribution in [3.05, 3.63) is 57.0 Å². The highest BCUT2D eigenvalue weighted by Gasteiger charge is 2.12. The SMILES string of the molecule is ClC(Cl)c1cccc(-c2cccc(Br)c2)c1Br. The van der Waals surface area contributed by atoms with Gasteiger partial charge in [0.05, 0.1) is 0 Å². The lowest BCUT2D eigenvalue weighted by Gasteiger charge is -2.11. The predicted molar refractivity (Wildman–Crippen MR) is 81.7 cm³/mol. The number of hydrogen-bond donors (Lipinski definition) is 0. The first kappa shape index (κ1) is 13.4. The summed E-state index contributed by atoms with van der Waals surface area (Å²) in [7, 11) is 0. The molecule has 0 nitrogen and oxygen atoms in total. The topological polar surface area (TPSA) is 0 Å². The van der Waals surface area contributed by atoms with Gasteiger partial charge in [-0.2, -0.15) is 0 Å². The van der Waals surface area contributed by atoms with Crippen molar-refractivity contribution in [3.63, 3.8) is 0 Å². The summed E-state index contributed by atoms with van der Waals surface area (Å²) < 4.78 is 1.98. The first-order chi connectivity index (χ1) is 8.09. The molecule has 0 bridgehead atoms. The minimum absolute atomic E-state index is 0.531. The molecule has 0 fully saturated rings. The highest BCUT2D eigenvalue weighted by Crippen LogP contribution is 2.38. The van der Waals surface area contributed by atoms with Gasteiger partial charge in [-0.15, -0.1) is 23.2 Å². The summed E-state index contributed by atoms with van der Waals surface area (Å²) in [6.45, 7) is 0. The van der Waals surface area contributed by atoms with Gasteiger partial charge < -0.3 is 0 Å². The van der Waals surface area contributed by atoms with Crippen molar-refractivity contribution in [1.82, 2.24) is 0 Å². The van der Waals surface area contributed by atoms with E-state index in [1.165, 1.54) is 0 Å². The van der Waals surface area contributed by atoms with Crippen molar-refractivity contribution in [2.75, 3.05) is 0 Å². The Morgan fingerprint density at radius 1 is 0.941 bits per heavy atom. The van der Waals surface area contributed by atoms with Crippen LogP contribution < -0.4 is 0 Å². The molecular formula is C13H8Br2Cl2. The Balaban J connectivity index is 2.57. The maximum atomic E-state index is 5.93. The molecular weight excluding hydrogens is 387 g/mol. The predicted octanol–water partition coefficient (Wildman–Crippen LogP) is 6.35. The Labute approximate surface area is 127 Å². The smallest absolute Gasteiger partial charge is 0.100 e. The Morgan fingerprint density at radius 2 is 1.65 bits per heavy atom. The molecule has 0 aliphatic carbocycles. The van der Waals surface area contributed by atoms with Crippen molar-refractivity contribution in [1.29, 1.82) is 0 Å². The molecule has 88 valence electrons. The first-order valence-electron chi connectivity index (χ1n) is 4.92. The van der Waals surface area contributed by atoms with Crippen LogP contribution in [0.15, 0.2) is 51.4 Å². The van der Waals surface area contributed by atoms with Crippen LogP contribution >= 0.6 is 55.1 Å². The highest BCUT2D eigenvalue weighted by molar-refractivity contribution is 9.11. The summed E-state index contributed by atoms with van der Waals surface area (Å²) in [4.78, 5) is -0.531. The van der Waals surface area contributed by atoms with Crippen LogP contribution in [0, 0.1) is 0 Å². The summed E-state index contributed by atoms with van der Waals surface area (Å²) in [6, 6.07) is 14.0. The van der Waals surface area contributed by atoms with Crippen LogP contribution in [-0.2, 0) is 0 Å². The van der Waals surface area contributed by atoms with E-state index in [9.17, 15) is 0 Å². The second kappa shape index (κ2) is 5.75. The standard InChI is InChI=1S/C13H8Br2Cl2/c14-9-4-1-3-8(7-9)10-5-2-6-11(12(10)15)13(16)17/h1-7,13H. The molecule has 0 amide bonds. The zero-order valence-electron chi connectivity index (χ0n) is 8.63. The highest BCUT2D eigenvalue weighted by atomic mass is 79.9. The van der Waals surface area contributed by atoms with E-state index in [1.807, 2.05) is 36.4 Å². The molecule has 4 heteroatoms. The lowest BCUT2D eigenvalue weighted by Crippen LogP contribution is -1.88. The van der Waals surface area contributed by atoms with Gasteiger partial charge >= 0.3 is 0 Å². The van der Waals surface area contributed by atoms with Crippen LogP contribution in [-0.4, -0.2) is 0 Å². The first-order valence-corrected chi connectivity index (χ1v) is 7.38. The van der Waals surface area contributed by atoms with E-state index in [1.54, 1.807) is 0 Å². The Bertz CT molecular complexity index is 539. The Hall–Kier alpha value is -0.0200. The van der Waals surface area contributed by atoms with E-state index >= 15 is 0 Å². The van der Waals surface area contributed by atoms with Crippen molar-refractivity contribution < 1.29 is 0 Å². The second-order valence-corrected chi connectivity index (χ2v) is 6.32. The van der Waals surface area contributed by atoms with Crippen molar-refractivity contribution in [2.24, 2.45) is 0 Å². The molecule has 0 heterocycles. The van der Waals surface area contributed by atoms with Gasteiger partial charge in [0, 0.05) is 8.95 Å². The van der Waals surface area contributed by atoms with Gasteiger partial charge in [0.2, 0.25) is 0 Å². The molecule has 0 saturated heterocycles. The summed E-state index contributed by atoms with van der Waals surface area (Å²) in [5, 5.41) is 0. The van der Waals surface area contributed by atoms with Gasteiger partial charge in [-0.1, -0.05) is 46.3 Å². The van der Waals surface area contributed by atoms with E-state index in [4.69, 9.17) is 23.2 Å². The fraction of sp³-hybridized carbons (Fsp3) is 0.0769. The Kier molecular flexibility index (Phi) is 4.53. The van der Waals surface area contributed by atoms with E-state index < -0.39 is 4.84 Å². The molecule has 0 aliphatic rings. The number of benzene rings is 2. The molecule has 2 rings (SSSR count). The van der Waals surface area contributed by atoms with Gasteiger partial charge in [-0.25, -0.2) is 0 Å². The molecule has 0 spiro atoms. The van der Waals surface area contributed by atoms with Gasteiger partial charge in [-0.3, -0.25) is 0 Å². The average Bonchev–Trinajstić information content (AvgIpc) is 2.29. The number of halogens is 4. The van der Waals surface area contributed by atoms with E-state index in [-0.39, 0.29) is 0 Å². The van der Waals surface area contributed by atoms with Crippen LogP contribution in [0.4, 0.5) is 0 Å². The van der Waals surface area contributed by atoms with Gasteiger partial charge in [0.1, 0.15) is 4.84 Å². The zero-order chi connectivity index (χ0) is 12.4. The van der Waals surface area contributed by atoms with Crippen LogP contribution in [0.25, 0.3) is 11.1 Å². The minimum atomic E-state index is -0.531. The summed E-state index contributed by atoms with van der Waals surface area (Å²) in [5.74, 6) is 0. The van der Waals surface area contributed by atoms with Crippen LogP contribution in [0.2, 0.25) is 0 Å². The zero-order valence-corrected chi connectivity index (χ0v) is 13.3. The minimum Gasteiger partial charge on any atom is -0.100 e. The molecule has 17 heavy (non-hydrogen) atoms. The number of rotatable bonds is 2. The second-order valence-electron chi connectivity index (χ2n) is 3.52. The maximum absolute atomic E-state index is 5.93. The van der Waals surface area contributed by atoms with Gasteiger partial charge in [0.25, 0.3) is 0 Å². The molecule has 2 aromatic carbocycles. The summed E-state index contributed by atoms with van der Waals surface area (Å²) >= 11 is 18.9. The fourth-order valence-electron chi connectivity index (χ4n) is 1.60. The summed E-state index contributed by atoms with van der Waals surface area (Å²) in [5.41, 5.74) is 3.07. The molecule has 0 atom stereocenters. The maximum Gasteiger partial charge on any atom is 0.133 e. The fourth-order valence-corrected chi connectivity index (χ4v) is 3.35. The van der Waals surface area contributed by atoms with E-state index in [0.29, 0.717) is 0 Å². The van der Waals surface area contributed by atoms with Crippen molar-refractivity contribution in [3.8, 4) is 11.1 Å². The van der Waals surface area contributed by atoms with Crippen molar-refractivity contribution in [2.45, 2.75) is 4.84 Å². The quantitative estimate of drug-likeness (QED) is 0.520. The lowest BCUT2D eigenvalue weighted by molar-refractivity contribution is 1.32. The van der Waals surface area contributed by atoms with Gasteiger partial charge in [-0.05, 0) is 44.8 Å². The normalized spacial score (nSPS) is 10.9. The average molecular weight is 395 g/mol. The van der Waals surface area contributed by atoms with Crippen LogP contribution in [0.5, 0.6) is 0 Å². The summed E-state index contributed by atoms with van der Waals surface area (Å²) in [6.07, 6.45) is 0. The molecule has 0 unspecified atom stereocenters. The van der Waals surface area contributed by atoms with E-state index in [2.05, 4.69) is 37.9 Å². The largest absolute Gasteiger partial charge is 0.133 e. The molecule has 0 radical (unpaired) electrons.